The number of carbonyl (C=O) groups excluding carboxylic acids is 1. The standard InChI is InChI=1S/C19H20ClFN2O3/c1-10(2)15(9-24)13-6-5-12(21)7-14(13)18(25)23-17-11(3)8-22-19(26-4)16(17)20/h5-8,15,24H,1,9H2,2-4H3,(H,22,23,25). The highest BCUT2D eigenvalue weighted by atomic mass is 35.5. The number of amides is 1. The highest BCUT2D eigenvalue weighted by Gasteiger charge is 2.22. The van der Waals surface area contributed by atoms with Gasteiger partial charge in [0, 0.05) is 17.7 Å². The van der Waals surface area contributed by atoms with Crippen molar-refractivity contribution in [1.82, 2.24) is 4.98 Å². The normalized spacial score (nSPS) is 11.8. The van der Waals surface area contributed by atoms with Crippen molar-refractivity contribution >= 4 is 23.2 Å². The maximum atomic E-state index is 13.8. The Morgan fingerprint density at radius 2 is 2.19 bits per heavy atom. The maximum Gasteiger partial charge on any atom is 0.256 e. The Hall–Kier alpha value is -2.44. The monoisotopic (exact) mass is 378 g/mol. The number of ether oxygens (including phenoxy) is 1. The van der Waals surface area contributed by atoms with Crippen molar-refractivity contribution in [1.29, 1.82) is 0 Å². The predicted molar refractivity (Wildman–Crippen MR) is 99.5 cm³/mol. The van der Waals surface area contributed by atoms with Crippen molar-refractivity contribution < 1.29 is 19.0 Å². The first-order valence-electron chi connectivity index (χ1n) is 7.86. The van der Waals surface area contributed by atoms with Crippen LogP contribution in [0.4, 0.5) is 10.1 Å². The zero-order valence-corrected chi connectivity index (χ0v) is 15.5. The average Bonchev–Trinajstić information content (AvgIpc) is 2.60. The molecule has 0 fully saturated rings. The highest BCUT2D eigenvalue weighted by Crippen LogP contribution is 2.34. The number of aliphatic hydroxyl groups excluding tert-OH is 1. The van der Waals surface area contributed by atoms with Gasteiger partial charge in [0.1, 0.15) is 10.8 Å². The second-order valence-corrected chi connectivity index (χ2v) is 6.28. The van der Waals surface area contributed by atoms with Crippen molar-refractivity contribution in [2.24, 2.45) is 0 Å². The molecule has 138 valence electrons. The molecule has 2 aromatic rings. The summed E-state index contributed by atoms with van der Waals surface area (Å²) in [5, 5.41) is 12.5. The number of halogens is 2. The van der Waals surface area contributed by atoms with Gasteiger partial charge in [0.15, 0.2) is 0 Å². The number of aryl methyl sites for hydroxylation is 1. The first-order chi connectivity index (χ1) is 12.3. The van der Waals surface area contributed by atoms with Gasteiger partial charge in [0.25, 0.3) is 5.91 Å². The number of hydrogen-bond donors (Lipinski definition) is 2. The Morgan fingerprint density at radius 3 is 2.77 bits per heavy atom. The lowest BCUT2D eigenvalue weighted by Crippen LogP contribution is -2.19. The number of anilines is 1. The fourth-order valence-electron chi connectivity index (χ4n) is 2.58. The van der Waals surface area contributed by atoms with Gasteiger partial charge in [0.2, 0.25) is 5.88 Å². The number of aliphatic hydroxyl groups is 1. The van der Waals surface area contributed by atoms with E-state index in [0.717, 1.165) is 6.07 Å². The number of aromatic nitrogens is 1. The summed E-state index contributed by atoms with van der Waals surface area (Å²) in [7, 11) is 1.42. The third kappa shape index (κ3) is 4.03. The molecule has 2 rings (SSSR count). The van der Waals surface area contributed by atoms with Gasteiger partial charge in [-0.25, -0.2) is 9.37 Å². The van der Waals surface area contributed by atoms with E-state index in [-0.39, 0.29) is 23.1 Å². The van der Waals surface area contributed by atoms with Crippen LogP contribution in [-0.2, 0) is 0 Å². The Balaban J connectivity index is 2.48. The molecule has 0 bridgehead atoms. The van der Waals surface area contributed by atoms with Crippen LogP contribution in [0.15, 0.2) is 36.5 Å². The summed E-state index contributed by atoms with van der Waals surface area (Å²) in [6.07, 6.45) is 1.51. The van der Waals surface area contributed by atoms with Crippen molar-refractivity contribution in [2.45, 2.75) is 19.8 Å². The Labute approximate surface area is 156 Å². The van der Waals surface area contributed by atoms with Gasteiger partial charge in [-0.3, -0.25) is 4.79 Å². The smallest absolute Gasteiger partial charge is 0.256 e. The number of rotatable bonds is 6. The zero-order valence-electron chi connectivity index (χ0n) is 14.8. The molecule has 1 amide bonds. The van der Waals surface area contributed by atoms with Crippen LogP contribution in [0.5, 0.6) is 5.88 Å². The van der Waals surface area contributed by atoms with Crippen molar-refractivity contribution in [3.8, 4) is 5.88 Å². The van der Waals surface area contributed by atoms with Gasteiger partial charge in [-0.05, 0) is 37.1 Å². The summed E-state index contributed by atoms with van der Waals surface area (Å²) in [5.41, 5.74) is 2.19. The Kier molecular flexibility index (Phi) is 6.34. The largest absolute Gasteiger partial charge is 0.480 e. The molecular weight excluding hydrogens is 359 g/mol. The van der Waals surface area contributed by atoms with Gasteiger partial charge < -0.3 is 15.2 Å². The molecule has 2 N–H and O–H groups in total. The second kappa shape index (κ2) is 8.29. The van der Waals surface area contributed by atoms with E-state index in [4.69, 9.17) is 16.3 Å². The average molecular weight is 379 g/mol. The minimum absolute atomic E-state index is 0.0956. The number of nitrogens with one attached hydrogen (secondary N) is 1. The molecule has 1 unspecified atom stereocenters. The fraction of sp³-hybridized carbons (Fsp3) is 0.263. The van der Waals surface area contributed by atoms with E-state index >= 15 is 0 Å². The molecule has 0 radical (unpaired) electrons. The Morgan fingerprint density at radius 1 is 1.50 bits per heavy atom. The molecule has 1 aromatic carbocycles. The quantitative estimate of drug-likeness (QED) is 0.742. The highest BCUT2D eigenvalue weighted by molar-refractivity contribution is 6.35. The molecule has 0 saturated carbocycles. The SMILES string of the molecule is C=C(C)C(CO)c1ccc(F)cc1C(=O)Nc1c(C)cnc(OC)c1Cl. The number of nitrogens with zero attached hydrogens (tertiary/aromatic N) is 1. The molecule has 26 heavy (non-hydrogen) atoms. The fourth-order valence-corrected chi connectivity index (χ4v) is 2.90. The molecule has 0 saturated heterocycles. The summed E-state index contributed by atoms with van der Waals surface area (Å²) < 4.78 is 18.8. The van der Waals surface area contributed by atoms with Crippen LogP contribution in [0.1, 0.15) is 34.3 Å². The molecular formula is C19H20ClFN2O3. The molecule has 1 heterocycles. The van der Waals surface area contributed by atoms with E-state index in [2.05, 4.69) is 16.9 Å². The van der Waals surface area contributed by atoms with E-state index in [1.807, 2.05) is 0 Å². The zero-order chi connectivity index (χ0) is 19.4. The number of hydrogen-bond acceptors (Lipinski definition) is 4. The van der Waals surface area contributed by atoms with Crippen LogP contribution in [0.3, 0.4) is 0 Å². The Bertz CT molecular complexity index is 855. The molecule has 1 atom stereocenters. The number of carbonyl (C=O) groups is 1. The predicted octanol–water partition coefficient (Wildman–Crippen LogP) is 4.10. The summed E-state index contributed by atoms with van der Waals surface area (Å²) in [5.74, 6) is -1.44. The topological polar surface area (TPSA) is 71.5 Å². The van der Waals surface area contributed by atoms with Crippen LogP contribution >= 0.6 is 11.6 Å². The summed E-state index contributed by atoms with van der Waals surface area (Å²) >= 11 is 6.23. The third-order valence-electron chi connectivity index (χ3n) is 4.02. The lowest BCUT2D eigenvalue weighted by molar-refractivity contribution is 0.102. The van der Waals surface area contributed by atoms with Crippen molar-refractivity contribution in [3.05, 3.63) is 64.1 Å². The van der Waals surface area contributed by atoms with Crippen LogP contribution in [-0.4, -0.2) is 29.7 Å². The van der Waals surface area contributed by atoms with Crippen LogP contribution in [0, 0.1) is 12.7 Å². The van der Waals surface area contributed by atoms with Crippen LogP contribution in [0.25, 0.3) is 0 Å². The second-order valence-electron chi connectivity index (χ2n) is 5.91. The summed E-state index contributed by atoms with van der Waals surface area (Å²) in [6, 6.07) is 3.84. The molecule has 0 spiro atoms. The first kappa shape index (κ1) is 19.9. The number of benzene rings is 1. The molecule has 1 aromatic heterocycles. The van der Waals surface area contributed by atoms with E-state index < -0.39 is 17.6 Å². The number of pyridine rings is 1. The summed E-state index contributed by atoms with van der Waals surface area (Å²) in [4.78, 5) is 16.8. The van der Waals surface area contributed by atoms with Crippen LogP contribution in [0.2, 0.25) is 5.02 Å². The van der Waals surface area contributed by atoms with Gasteiger partial charge in [-0.1, -0.05) is 29.8 Å². The number of methoxy groups -OCH3 is 1. The molecule has 5 nitrogen and oxygen atoms in total. The van der Waals surface area contributed by atoms with Gasteiger partial charge in [-0.2, -0.15) is 0 Å². The van der Waals surface area contributed by atoms with E-state index in [1.165, 1.54) is 25.4 Å². The molecule has 7 heteroatoms. The third-order valence-corrected chi connectivity index (χ3v) is 4.37. The van der Waals surface area contributed by atoms with Gasteiger partial charge in [0.05, 0.1) is 19.4 Å². The molecule has 0 aliphatic rings. The van der Waals surface area contributed by atoms with E-state index in [1.54, 1.807) is 13.8 Å². The van der Waals surface area contributed by atoms with Gasteiger partial charge >= 0.3 is 0 Å². The van der Waals surface area contributed by atoms with E-state index in [9.17, 15) is 14.3 Å². The summed E-state index contributed by atoms with van der Waals surface area (Å²) in [6.45, 7) is 7.05. The molecule has 0 aliphatic heterocycles. The van der Waals surface area contributed by atoms with Crippen molar-refractivity contribution in [3.63, 3.8) is 0 Å². The van der Waals surface area contributed by atoms with Crippen LogP contribution < -0.4 is 10.1 Å². The maximum absolute atomic E-state index is 13.8. The van der Waals surface area contributed by atoms with Crippen molar-refractivity contribution in [2.75, 3.05) is 19.0 Å². The minimum Gasteiger partial charge on any atom is -0.480 e. The molecule has 0 aliphatic carbocycles. The van der Waals surface area contributed by atoms with E-state index in [0.29, 0.717) is 22.4 Å². The van der Waals surface area contributed by atoms with Gasteiger partial charge in [-0.15, -0.1) is 0 Å². The first-order valence-corrected chi connectivity index (χ1v) is 8.24. The minimum atomic E-state index is -0.563. The lowest BCUT2D eigenvalue weighted by Gasteiger charge is -2.19. The lowest BCUT2D eigenvalue weighted by atomic mass is 9.89.